The smallest absolute Gasteiger partial charge is 0.326 e. The van der Waals surface area contributed by atoms with Crippen molar-refractivity contribution in [2.75, 3.05) is 14.2 Å². The van der Waals surface area contributed by atoms with E-state index >= 15 is 0 Å². The van der Waals surface area contributed by atoms with Crippen LogP contribution in [0.4, 0.5) is 4.39 Å². The van der Waals surface area contributed by atoms with Crippen molar-refractivity contribution in [3.63, 3.8) is 0 Å². The van der Waals surface area contributed by atoms with Crippen LogP contribution in [0.3, 0.4) is 0 Å². The Balaban J connectivity index is 2.94. The molecule has 4 heteroatoms. The standard InChI is InChI=1S/C12H16FNO2/c1-12(14-2,11(15)16-3)8-9-6-4-5-7-10(9)13/h4-7,14H,8H2,1-3H3. The minimum absolute atomic E-state index is 0.253. The summed E-state index contributed by atoms with van der Waals surface area (Å²) in [5, 5.41) is 2.86. The van der Waals surface area contributed by atoms with Gasteiger partial charge in [0.15, 0.2) is 0 Å². The highest BCUT2D eigenvalue weighted by molar-refractivity contribution is 5.80. The molecule has 0 aliphatic heterocycles. The van der Waals surface area contributed by atoms with Crippen molar-refractivity contribution in [1.82, 2.24) is 5.32 Å². The predicted molar refractivity (Wildman–Crippen MR) is 59.6 cm³/mol. The number of hydrogen-bond acceptors (Lipinski definition) is 3. The van der Waals surface area contributed by atoms with Crippen LogP contribution in [0.5, 0.6) is 0 Å². The van der Waals surface area contributed by atoms with Gasteiger partial charge in [0.05, 0.1) is 7.11 Å². The molecule has 1 rings (SSSR count). The Morgan fingerprint density at radius 2 is 2.12 bits per heavy atom. The fourth-order valence-electron chi connectivity index (χ4n) is 1.51. The molecule has 0 aliphatic carbocycles. The molecule has 0 saturated carbocycles. The summed E-state index contributed by atoms with van der Waals surface area (Å²) in [5.41, 5.74) is -0.415. The Hall–Kier alpha value is -1.42. The Labute approximate surface area is 94.6 Å². The van der Waals surface area contributed by atoms with Gasteiger partial charge in [-0.2, -0.15) is 0 Å². The summed E-state index contributed by atoms with van der Waals surface area (Å²) in [6.45, 7) is 1.69. The summed E-state index contributed by atoms with van der Waals surface area (Å²) in [5.74, 6) is -0.717. The van der Waals surface area contributed by atoms with Crippen molar-refractivity contribution >= 4 is 5.97 Å². The third-order valence-corrected chi connectivity index (χ3v) is 2.69. The highest BCUT2D eigenvalue weighted by Gasteiger charge is 2.33. The number of hydrogen-bond donors (Lipinski definition) is 1. The summed E-state index contributed by atoms with van der Waals surface area (Å²) in [7, 11) is 2.97. The quantitative estimate of drug-likeness (QED) is 0.789. The first-order valence-electron chi connectivity index (χ1n) is 5.04. The molecule has 0 radical (unpaired) electrons. The maximum atomic E-state index is 13.4. The zero-order valence-electron chi connectivity index (χ0n) is 9.71. The molecule has 0 fully saturated rings. The molecular formula is C12H16FNO2. The second-order valence-electron chi connectivity index (χ2n) is 3.84. The van der Waals surface area contributed by atoms with Crippen molar-refractivity contribution < 1.29 is 13.9 Å². The third-order valence-electron chi connectivity index (χ3n) is 2.69. The summed E-state index contributed by atoms with van der Waals surface area (Å²) >= 11 is 0. The molecule has 16 heavy (non-hydrogen) atoms. The lowest BCUT2D eigenvalue weighted by Gasteiger charge is -2.26. The number of ether oxygens (including phenoxy) is 1. The van der Waals surface area contributed by atoms with Gasteiger partial charge in [-0.05, 0) is 25.6 Å². The van der Waals surface area contributed by atoms with E-state index in [1.54, 1.807) is 32.2 Å². The zero-order chi connectivity index (χ0) is 12.2. The first-order chi connectivity index (χ1) is 7.53. The molecule has 0 amide bonds. The molecule has 1 unspecified atom stereocenters. The van der Waals surface area contributed by atoms with E-state index < -0.39 is 11.5 Å². The van der Waals surface area contributed by atoms with E-state index in [1.165, 1.54) is 13.2 Å². The van der Waals surface area contributed by atoms with Crippen molar-refractivity contribution in [3.8, 4) is 0 Å². The van der Waals surface area contributed by atoms with Gasteiger partial charge in [-0.15, -0.1) is 0 Å². The van der Waals surface area contributed by atoms with Crippen LogP contribution in [0.15, 0.2) is 24.3 Å². The SMILES string of the molecule is CNC(C)(Cc1ccccc1F)C(=O)OC. The van der Waals surface area contributed by atoms with E-state index in [0.29, 0.717) is 5.56 Å². The fourth-order valence-corrected chi connectivity index (χ4v) is 1.51. The number of nitrogens with one attached hydrogen (secondary N) is 1. The molecule has 0 aliphatic rings. The van der Waals surface area contributed by atoms with Gasteiger partial charge in [-0.3, -0.25) is 4.79 Å². The van der Waals surface area contributed by atoms with Gasteiger partial charge in [0, 0.05) is 6.42 Å². The minimum atomic E-state index is -0.906. The van der Waals surface area contributed by atoms with E-state index in [0.717, 1.165) is 0 Å². The van der Waals surface area contributed by atoms with Gasteiger partial charge in [-0.25, -0.2) is 4.39 Å². The minimum Gasteiger partial charge on any atom is -0.468 e. The Kier molecular flexibility index (Phi) is 4.01. The average Bonchev–Trinajstić information content (AvgIpc) is 2.31. The summed E-state index contributed by atoms with van der Waals surface area (Å²) in [6, 6.07) is 6.40. The molecule has 1 atom stereocenters. The average molecular weight is 225 g/mol. The molecule has 0 aromatic heterocycles. The maximum Gasteiger partial charge on any atom is 0.326 e. The number of halogens is 1. The number of benzene rings is 1. The van der Waals surface area contributed by atoms with Crippen LogP contribution < -0.4 is 5.32 Å². The normalized spacial score (nSPS) is 14.2. The van der Waals surface area contributed by atoms with Gasteiger partial charge in [0.1, 0.15) is 11.4 Å². The second-order valence-corrected chi connectivity index (χ2v) is 3.84. The lowest BCUT2D eigenvalue weighted by atomic mass is 9.93. The monoisotopic (exact) mass is 225 g/mol. The van der Waals surface area contributed by atoms with Crippen LogP contribution in [0.2, 0.25) is 0 Å². The molecule has 88 valence electrons. The molecule has 0 heterocycles. The number of methoxy groups -OCH3 is 1. The molecular weight excluding hydrogens is 209 g/mol. The molecule has 1 aromatic rings. The van der Waals surface area contributed by atoms with E-state index in [-0.39, 0.29) is 12.2 Å². The van der Waals surface area contributed by atoms with Gasteiger partial charge in [0.2, 0.25) is 0 Å². The van der Waals surface area contributed by atoms with Crippen LogP contribution in [-0.2, 0) is 16.0 Å². The van der Waals surface area contributed by atoms with Crippen molar-refractivity contribution in [3.05, 3.63) is 35.6 Å². The van der Waals surface area contributed by atoms with Crippen LogP contribution in [0.1, 0.15) is 12.5 Å². The number of carbonyl (C=O) groups excluding carboxylic acids is 1. The van der Waals surface area contributed by atoms with Gasteiger partial charge < -0.3 is 10.1 Å². The number of rotatable bonds is 4. The summed E-state index contributed by atoms with van der Waals surface area (Å²) in [4.78, 5) is 11.6. The molecule has 1 aromatic carbocycles. The number of esters is 1. The molecule has 1 N–H and O–H groups in total. The summed E-state index contributed by atoms with van der Waals surface area (Å²) < 4.78 is 18.1. The van der Waals surface area contributed by atoms with Crippen LogP contribution in [0.25, 0.3) is 0 Å². The van der Waals surface area contributed by atoms with Crippen LogP contribution >= 0.6 is 0 Å². The van der Waals surface area contributed by atoms with Crippen molar-refractivity contribution in [1.29, 1.82) is 0 Å². The Morgan fingerprint density at radius 1 is 1.50 bits per heavy atom. The number of carbonyl (C=O) groups is 1. The van der Waals surface area contributed by atoms with Gasteiger partial charge >= 0.3 is 5.97 Å². The van der Waals surface area contributed by atoms with Gasteiger partial charge in [-0.1, -0.05) is 18.2 Å². The highest BCUT2D eigenvalue weighted by atomic mass is 19.1. The summed E-state index contributed by atoms with van der Waals surface area (Å²) in [6.07, 6.45) is 0.253. The van der Waals surface area contributed by atoms with Crippen molar-refractivity contribution in [2.24, 2.45) is 0 Å². The lowest BCUT2D eigenvalue weighted by molar-refractivity contribution is -0.147. The molecule has 0 spiro atoms. The Bertz CT molecular complexity index is 381. The molecule has 0 saturated heterocycles. The largest absolute Gasteiger partial charge is 0.468 e. The van der Waals surface area contributed by atoms with E-state index in [1.807, 2.05) is 0 Å². The number of likely N-dealkylation sites (N-methyl/N-ethyl adjacent to an activating group) is 1. The highest BCUT2D eigenvalue weighted by Crippen LogP contribution is 2.17. The lowest BCUT2D eigenvalue weighted by Crippen LogP contribution is -2.50. The van der Waals surface area contributed by atoms with Crippen LogP contribution in [0, 0.1) is 5.82 Å². The van der Waals surface area contributed by atoms with Crippen molar-refractivity contribution in [2.45, 2.75) is 18.9 Å². The fraction of sp³-hybridized carbons (Fsp3) is 0.417. The van der Waals surface area contributed by atoms with Crippen LogP contribution in [-0.4, -0.2) is 25.7 Å². The maximum absolute atomic E-state index is 13.4. The van der Waals surface area contributed by atoms with E-state index in [9.17, 15) is 9.18 Å². The molecule has 3 nitrogen and oxygen atoms in total. The van der Waals surface area contributed by atoms with E-state index in [4.69, 9.17) is 4.74 Å². The Morgan fingerprint density at radius 3 is 2.62 bits per heavy atom. The van der Waals surface area contributed by atoms with Gasteiger partial charge in [0.25, 0.3) is 0 Å². The molecule has 0 bridgehead atoms. The van der Waals surface area contributed by atoms with E-state index in [2.05, 4.69) is 5.32 Å². The zero-order valence-corrected chi connectivity index (χ0v) is 9.71. The predicted octanol–water partition coefficient (Wildman–Crippen LogP) is 1.52. The topological polar surface area (TPSA) is 38.3 Å². The third kappa shape index (κ3) is 2.58. The first-order valence-corrected chi connectivity index (χ1v) is 5.04. The second kappa shape index (κ2) is 5.07. The first kappa shape index (κ1) is 12.6.